The number of rotatable bonds is 8. The molecule has 1 unspecified atom stereocenters. The van der Waals surface area contributed by atoms with Crippen LogP contribution in [-0.4, -0.2) is 43.8 Å². The number of thioether (sulfide) groups is 1. The average Bonchev–Trinajstić information content (AvgIpc) is 3.16. The van der Waals surface area contributed by atoms with Gasteiger partial charge in [0, 0.05) is 18.3 Å². The highest BCUT2D eigenvalue weighted by atomic mass is 32.2. The van der Waals surface area contributed by atoms with Crippen molar-refractivity contribution >= 4 is 17.7 Å². The van der Waals surface area contributed by atoms with E-state index in [9.17, 15) is 0 Å². The van der Waals surface area contributed by atoms with Crippen LogP contribution in [0.3, 0.4) is 0 Å². The van der Waals surface area contributed by atoms with Gasteiger partial charge in [0.25, 0.3) is 0 Å². The molecule has 0 amide bonds. The fourth-order valence-electron chi connectivity index (χ4n) is 2.58. The quantitative estimate of drug-likeness (QED) is 0.424. The van der Waals surface area contributed by atoms with Crippen molar-refractivity contribution in [1.29, 1.82) is 0 Å². The molecule has 0 saturated carbocycles. The molecular formula is C19H27N3O2S. The topological polar surface area (TPSA) is 54.9 Å². The number of nitrogens with zero attached hydrogens (tertiary/aromatic N) is 1. The summed E-state index contributed by atoms with van der Waals surface area (Å²) in [7, 11) is 1.62. The van der Waals surface area contributed by atoms with Gasteiger partial charge in [0.15, 0.2) is 17.5 Å². The molecule has 0 aliphatic carbocycles. The number of guanidine groups is 1. The van der Waals surface area contributed by atoms with Crippen molar-refractivity contribution in [2.24, 2.45) is 4.99 Å². The van der Waals surface area contributed by atoms with Gasteiger partial charge in [-0.15, -0.1) is 6.42 Å². The predicted molar refractivity (Wildman–Crippen MR) is 106 cm³/mol. The fraction of sp³-hybridized carbons (Fsp3) is 0.526. The molecule has 1 aliphatic heterocycles. The Morgan fingerprint density at radius 1 is 1.40 bits per heavy atom. The van der Waals surface area contributed by atoms with E-state index in [0.29, 0.717) is 23.3 Å². The molecule has 1 atom stereocenters. The van der Waals surface area contributed by atoms with Gasteiger partial charge >= 0.3 is 0 Å². The first kappa shape index (κ1) is 19.3. The van der Waals surface area contributed by atoms with Gasteiger partial charge in [-0.25, -0.2) is 4.99 Å². The van der Waals surface area contributed by atoms with Crippen LogP contribution in [0.4, 0.5) is 0 Å². The van der Waals surface area contributed by atoms with Crippen LogP contribution < -0.4 is 20.1 Å². The first-order valence-electron chi connectivity index (χ1n) is 8.63. The lowest BCUT2D eigenvalue weighted by Gasteiger charge is -2.15. The van der Waals surface area contributed by atoms with Crippen molar-refractivity contribution < 1.29 is 9.47 Å². The SMILES string of the molecule is C#CCOc1cc(CN=C(NCC)NCC2CCCS2)ccc1OC. The van der Waals surface area contributed by atoms with Gasteiger partial charge < -0.3 is 20.1 Å². The van der Waals surface area contributed by atoms with Crippen LogP contribution in [-0.2, 0) is 6.54 Å². The number of hydrogen-bond donors (Lipinski definition) is 2. The molecule has 0 aromatic heterocycles. The number of nitrogens with one attached hydrogen (secondary N) is 2. The molecule has 5 nitrogen and oxygen atoms in total. The van der Waals surface area contributed by atoms with Gasteiger partial charge in [-0.3, -0.25) is 0 Å². The van der Waals surface area contributed by atoms with Crippen LogP contribution in [0, 0.1) is 12.3 Å². The number of benzene rings is 1. The summed E-state index contributed by atoms with van der Waals surface area (Å²) in [5.74, 6) is 5.90. The molecule has 2 rings (SSSR count). The lowest BCUT2D eigenvalue weighted by atomic mass is 10.2. The van der Waals surface area contributed by atoms with Crippen LogP contribution in [0.15, 0.2) is 23.2 Å². The van der Waals surface area contributed by atoms with Crippen molar-refractivity contribution in [2.45, 2.75) is 31.6 Å². The summed E-state index contributed by atoms with van der Waals surface area (Å²) < 4.78 is 10.8. The summed E-state index contributed by atoms with van der Waals surface area (Å²) in [6, 6.07) is 5.80. The molecule has 25 heavy (non-hydrogen) atoms. The van der Waals surface area contributed by atoms with Crippen LogP contribution in [0.25, 0.3) is 0 Å². The molecule has 1 heterocycles. The largest absolute Gasteiger partial charge is 0.493 e. The Morgan fingerprint density at radius 2 is 2.28 bits per heavy atom. The second kappa shape index (κ2) is 10.8. The first-order chi connectivity index (χ1) is 12.3. The Morgan fingerprint density at radius 3 is 2.96 bits per heavy atom. The van der Waals surface area contributed by atoms with E-state index in [-0.39, 0.29) is 6.61 Å². The van der Waals surface area contributed by atoms with Crippen LogP contribution in [0.5, 0.6) is 11.5 Å². The molecule has 2 N–H and O–H groups in total. The third-order valence-corrected chi connectivity index (χ3v) is 5.22. The van der Waals surface area contributed by atoms with E-state index in [1.807, 2.05) is 30.0 Å². The van der Waals surface area contributed by atoms with Gasteiger partial charge in [0.2, 0.25) is 0 Å². The molecule has 1 aliphatic rings. The Kier molecular flexibility index (Phi) is 8.33. The summed E-state index contributed by atoms with van der Waals surface area (Å²) in [5.41, 5.74) is 1.04. The molecule has 1 aromatic rings. The number of hydrogen-bond acceptors (Lipinski definition) is 4. The summed E-state index contributed by atoms with van der Waals surface area (Å²) >= 11 is 2.04. The smallest absolute Gasteiger partial charge is 0.191 e. The minimum absolute atomic E-state index is 0.215. The maximum absolute atomic E-state index is 5.54. The Balaban J connectivity index is 1.98. The van der Waals surface area contributed by atoms with E-state index >= 15 is 0 Å². The standard InChI is InChI=1S/C19H27N3O2S/c1-4-10-24-18-12-15(8-9-17(18)23-3)13-21-19(20-5-2)22-14-16-7-6-11-25-16/h1,8-9,12,16H,5-7,10-11,13-14H2,2-3H3,(H2,20,21,22). The van der Waals surface area contributed by atoms with Crippen molar-refractivity contribution in [1.82, 2.24) is 10.6 Å². The molecule has 0 spiro atoms. The van der Waals surface area contributed by atoms with E-state index in [0.717, 1.165) is 24.6 Å². The Bertz CT molecular complexity index is 607. The van der Waals surface area contributed by atoms with Crippen LogP contribution in [0.2, 0.25) is 0 Å². The van der Waals surface area contributed by atoms with Crippen molar-refractivity contribution in [3.63, 3.8) is 0 Å². The highest BCUT2D eigenvalue weighted by Crippen LogP contribution is 2.28. The molecule has 0 bridgehead atoms. The number of methoxy groups -OCH3 is 1. The average molecular weight is 362 g/mol. The molecule has 1 saturated heterocycles. The molecule has 136 valence electrons. The third kappa shape index (κ3) is 6.43. The predicted octanol–water partition coefficient (Wildman–Crippen LogP) is 2.66. The minimum atomic E-state index is 0.215. The molecule has 0 radical (unpaired) electrons. The van der Waals surface area contributed by atoms with Gasteiger partial charge in [-0.2, -0.15) is 11.8 Å². The van der Waals surface area contributed by atoms with Crippen LogP contribution >= 0.6 is 11.8 Å². The minimum Gasteiger partial charge on any atom is -0.493 e. The van der Waals surface area contributed by atoms with E-state index < -0.39 is 0 Å². The van der Waals surface area contributed by atoms with E-state index in [1.54, 1.807) is 7.11 Å². The lowest BCUT2D eigenvalue weighted by molar-refractivity contribution is 0.330. The van der Waals surface area contributed by atoms with Gasteiger partial charge in [0.1, 0.15) is 6.61 Å². The zero-order valence-electron chi connectivity index (χ0n) is 15.0. The zero-order valence-corrected chi connectivity index (χ0v) is 15.8. The van der Waals surface area contributed by atoms with Crippen LogP contribution in [0.1, 0.15) is 25.3 Å². The highest BCUT2D eigenvalue weighted by molar-refractivity contribution is 8.00. The normalized spacial score (nSPS) is 17.0. The zero-order chi connectivity index (χ0) is 17.9. The second-order valence-corrected chi connectivity index (χ2v) is 7.10. The summed E-state index contributed by atoms with van der Waals surface area (Å²) in [5, 5.41) is 7.42. The number of aliphatic imine (C=N–C) groups is 1. The molecule has 1 fully saturated rings. The summed E-state index contributed by atoms with van der Waals surface area (Å²) in [6.07, 6.45) is 7.87. The summed E-state index contributed by atoms with van der Waals surface area (Å²) in [4.78, 5) is 4.67. The maximum atomic E-state index is 5.54. The fourth-order valence-corrected chi connectivity index (χ4v) is 3.78. The van der Waals surface area contributed by atoms with Crippen molar-refractivity contribution in [3.8, 4) is 23.8 Å². The molecular weight excluding hydrogens is 334 g/mol. The first-order valence-corrected chi connectivity index (χ1v) is 9.68. The van der Waals surface area contributed by atoms with E-state index in [1.165, 1.54) is 18.6 Å². The van der Waals surface area contributed by atoms with Gasteiger partial charge in [-0.05, 0) is 43.2 Å². The maximum Gasteiger partial charge on any atom is 0.191 e. The molecule has 1 aromatic carbocycles. The Hall–Kier alpha value is -2.00. The summed E-state index contributed by atoms with van der Waals surface area (Å²) in [6.45, 7) is 4.63. The lowest BCUT2D eigenvalue weighted by Crippen LogP contribution is -2.40. The van der Waals surface area contributed by atoms with Crippen molar-refractivity contribution in [2.75, 3.05) is 32.6 Å². The van der Waals surface area contributed by atoms with Gasteiger partial charge in [0.05, 0.1) is 13.7 Å². The van der Waals surface area contributed by atoms with Crippen molar-refractivity contribution in [3.05, 3.63) is 23.8 Å². The van der Waals surface area contributed by atoms with E-state index in [2.05, 4.69) is 28.5 Å². The monoisotopic (exact) mass is 361 g/mol. The number of ether oxygens (including phenoxy) is 2. The van der Waals surface area contributed by atoms with E-state index in [4.69, 9.17) is 15.9 Å². The highest BCUT2D eigenvalue weighted by Gasteiger charge is 2.15. The molecule has 6 heteroatoms. The Labute approximate surface area is 155 Å². The number of terminal acetylenes is 1. The second-order valence-electron chi connectivity index (χ2n) is 5.69. The van der Waals surface area contributed by atoms with Gasteiger partial charge in [-0.1, -0.05) is 12.0 Å². The third-order valence-electron chi connectivity index (χ3n) is 3.82.